The Kier molecular flexibility index (Phi) is 14.7. The van der Waals surface area contributed by atoms with E-state index in [-0.39, 0.29) is 32.5 Å². The van der Waals surface area contributed by atoms with Gasteiger partial charge in [-0.2, -0.15) is 0 Å². The standard InChI is InChI=1S/2C21H26N.2C20H26N/c2*1-14-8-6-7-9-15(14)19-12-16-17-10-11-21(4,20(17,2)3)18(16)13-22(19)5;1-14-9-7-8-10-15(14)18-11-16-17(12-21(18)6)20(4,5)13-19(16,2)3;1-14-9-7-8-10-15(14)18-17-16(11-12-21(18)6)19(2,3)13-20(17,4)5/h2*6-9,12-13,17H,10-11H2,1-5H3;2*7-12H,13H2,1-6H3/q4*+1/i17D;;;. The molecule has 4 aromatic heterocycles. The summed E-state index contributed by atoms with van der Waals surface area (Å²) in [4.78, 5) is 0. The highest BCUT2D eigenvalue weighted by molar-refractivity contribution is 5.70. The summed E-state index contributed by atoms with van der Waals surface area (Å²) in [6, 6.07) is 44.2. The fraction of sp³-hybridized carbons (Fsp3) is 0.463. The van der Waals surface area contributed by atoms with Crippen LogP contribution < -0.4 is 18.3 Å². The van der Waals surface area contributed by atoms with Crippen molar-refractivity contribution in [1.82, 2.24) is 0 Å². The Labute approximate surface area is 521 Å². The van der Waals surface area contributed by atoms with Gasteiger partial charge in [-0.15, -0.1) is 0 Å². The Hall–Kier alpha value is -6.52. The minimum Gasteiger partial charge on any atom is -0.201 e. The first-order valence-corrected chi connectivity index (χ1v) is 32.5. The lowest BCUT2D eigenvalue weighted by Gasteiger charge is -2.34. The summed E-state index contributed by atoms with van der Waals surface area (Å²) in [5.74, 6) is 0.263. The Bertz CT molecular complexity index is 4050. The minimum atomic E-state index is -0.456. The van der Waals surface area contributed by atoms with Crippen LogP contribution >= 0.6 is 0 Å². The molecule has 2 fully saturated rings. The molecule has 0 aliphatic heterocycles. The van der Waals surface area contributed by atoms with Gasteiger partial charge in [-0.1, -0.05) is 170 Å². The van der Waals surface area contributed by atoms with Crippen molar-refractivity contribution in [2.75, 3.05) is 0 Å². The zero-order valence-electron chi connectivity index (χ0n) is 58.0. The number of hydrogen-bond acceptors (Lipinski definition) is 0. The van der Waals surface area contributed by atoms with Gasteiger partial charge in [0.2, 0.25) is 22.8 Å². The van der Waals surface area contributed by atoms with Gasteiger partial charge in [-0.3, -0.25) is 0 Å². The SMILES string of the molecule is Cc1ccccc1-c1c2c(cc[n+]1C)C(C)(C)CC2(C)C.Cc1ccccc1-c1cc2c(c[n+]1C)C(C)(C)CC2(C)C.Cc1ccccc1-c1cc2c(c[n+]1C)C1(C)CCC2C1(C)C.[2H]C12CCC(C)(c3c[n+](C)c(-c4ccccc4C)cc31)C2(C)C. The van der Waals surface area contributed by atoms with Crippen molar-refractivity contribution in [3.63, 3.8) is 0 Å². The fourth-order valence-electron chi connectivity index (χ4n) is 18.3. The molecule has 0 amide bonds. The van der Waals surface area contributed by atoms with E-state index in [0.717, 1.165) is 18.8 Å². The zero-order valence-corrected chi connectivity index (χ0v) is 57.0. The molecule has 0 radical (unpaired) electrons. The average molecular weight is 1150 g/mol. The highest BCUT2D eigenvalue weighted by Gasteiger charge is 2.62. The van der Waals surface area contributed by atoms with Crippen molar-refractivity contribution in [2.45, 2.75) is 207 Å². The highest BCUT2D eigenvalue weighted by Crippen LogP contribution is 2.69. The van der Waals surface area contributed by atoms with Gasteiger partial charge in [-0.25, -0.2) is 18.3 Å². The maximum atomic E-state index is 9.25. The van der Waals surface area contributed by atoms with Crippen molar-refractivity contribution >= 4 is 0 Å². The van der Waals surface area contributed by atoms with Crippen LogP contribution in [0, 0.1) is 38.5 Å². The molecule has 4 atom stereocenters. The van der Waals surface area contributed by atoms with Crippen LogP contribution in [0.2, 0.25) is 0 Å². The Balaban J connectivity index is 0.000000120. The van der Waals surface area contributed by atoms with E-state index in [4.69, 9.17) is 0 Å². The largest absolute Gasteiger partial charge is 0.216 e. The van der Waals surface area contributed by atoms with Gasteiger partial charge < -0.3 is 0 Å². The third-order valence-corrected chi connectivity index (χ3v) is 23.6. The number of aryl methyl sites for hydroxylation is 8. The molecule has 8 aromatic rings. The summed E-state index contributed by atoms with van der Waals surface area (Å²) < 4.78 is 18.4. The highest BCUT2D eigenvalue weighted by atomic mass is 14.9. The van der Waals surface area contributed by atoms with E-state index >= 15 is 0 Å². The Morgan fingerprint density at radius 3 is 1.27 bits per heavy atom. The molecule has 4 heterocycles. The van der Waals surface area contributed by atoms with Crippen molar-refractivity contribution < 1.29 is 19.6 Å². The smallest absolute Gasteiger partial charge is 0.201 e. The number of rotatable bonds is 4. The molecular weight excluding hydrogens is 1040 g/mol. The van der Waals surface area contributed by atoms with Crippen LogP contribution in [-0.2, 0) is 60.7 Å². The fourth-order valence-corrected chi connectivity index (χ4v) is 18.3. The van der Waals surface area contributed by atoms with Gasteiger partial charge in [0.15, 0.2) is 24.8 Å². The number of fused-ring (bicyclic) bond motifs is 12. The maximum absolute atomic E-state index is 9.25. The predicted molar refractivity (Wildman–Crippen MR) is 359 cm³/mol. The average Bonchev–Trinajstić information content (AvgIpc) is 1.52. The van der Waals surface area contributed by atoms with E-state index in [2.05, 4.69) is 317 Å². The summed E-state index contributed by atoms with van der Waals surface area (Å²) in [5.41, 5.74) is 29.7. The first kappa shape index (κ1) is 59.8. The van der Waals surface area contributed by atoms with Gasteiger partial charge >= 0.3 is 0 Å². The van der Waals surface area contributed by atoms with Crippen LogP contribution in [0.15, 0.2) is 146 Å². The van der Waals surface area contributed by atoms with Crippen LogP contribution in [0.4, 0.5) is 0 Å². The van der Waals surface area contributed by atoms with E-state index < -0.39 is 5.89 Å². The van der Waals surface area contributed by atoms with Gasteiger partial charge in [0.05, 0.1) is 0 Å². The monoisotopic (exact) mass is 1150 g/mol. The molecule has 448 valence electrons. The lowest BCUT2D eigenvalue weighted by molar-refractivity contribution is -0.661. The second kappa shape index (κ2) is 21.1. The first-order valence-electron chi connectivity index (χ1n) is 33.0. The third kappa shape index (κ3) is 9.67. The molecule has 4 bridgehead atoms. The molecule has 0 N–H and O–H groups in total. The molecular formula is C82H104N4+4. The Morgan fingerprint density at radius 1 is 0.384 bits per heavy atom. The third-order valence-electron chi connectivity index (χ3n) is 23.6. The Morgan fingerprint density at radius 2 is 0.767 bits per heavy atom. The van der Waals surface area contributed by atoms with E-state index in [1.54, 1.807) is 11.1 Å². The quantitative estimate of drug-likeness (QED) is 0.156. The van der Waals surface area contributed by atoms with Crippen molar-refractivity contribution in [1.29, 1.82) is 0 Å². The number of hydrogen-bond donors (Lipinski definition) is 0. The summed E-state index contributed by atoms with van der Waals surface area (Å²) in [6.07, 6.45) is 16.5. The number of nitrogens with zero attached hydrogens (tertiary/aromatic N) is 4. The molecule has 0 spiro atoms. The van der Waals surface area contributed by atoms with Crippen LogP contribution in [0.3, 0.4) is 0 Å². The summed E-state index contributed by atoms with van der Waals surface area (Å²) in [7, 11) is 8.68. The molecule has 86 heavy (non-hydrogen) atoms. The lowest BCUT2D eigenvalue weighted by Crippen LogP contribution is -2.36. The zero-order chi connectivity index (χ0) is 63.1. The number of aromatic nitrogens is 4. The van der Waals surface area contributed by atoms with Gasteiger partial charge in [-0.05, 0) is 179 Å². The molecule has 6 aliphatic carbocycles. The van der Waals surface area contributed by atoms with Crippen LogP contribution in [0.25, 0.3) is 45.0 Å². The molecule has 4 heteroatoms. The molecule has 14 rings (SSSR count). The predicted octanol–water partition coefficient (Wildman–Crippen LogP) is 18.2. The van der Waals surface area contributed by atoms with Crippen molar-refractivity contribution in [3.8, 4) is 45.0 Å². The summed E-state index contributed by atoms with van der Waals surface area (Å²) in [5, 5.41) is 0. The minimum absolute atomic E-state index is 0.0142. The second-order valence-electron chi connectivity index (χ2n) is 31.6. The van der Waals surface area contributed by atoms with Gasteiger partial charge in [0.1, 0.15) is 28.2 Å². The second-order valence-corrected chi connectivity index (χ2v) is 31.6. The lowest BCUT2D eigenvalue weighted by atomic mass is 9.69. The van der Waals surface area contributed by atoms with Crippen molar-refractivity contribution in [2.24, 2.45) is 39.0 Å². The van der Waals surface area contributed by atoms with Crippen LogP contribution in [-0.4, -0.2) is 0 Å². The summed E-state index contributed by atoms with van der Waals surface area (Å²) in [6.45, 7) is 42.2. The molecule has 4 nitrogen and oxygen atoms in total. The topological polar surface area (TPSA) is 15.5 Å². The van der Waals surface area contributed by atoms with Gasteiger partial charge in [0, 0.05) is 81.0 Å². The maximum Gasteiger partial charge on any atom is 0.216 e. The van der Waals surface area contributed by atoms with E-state index in [1.165, 1.54) is 126 Å². The van der Waals surface area contributed by atoms with E-state index in [9.17, 15) is 1.37 Å². The van der Waals surface area contributed by atoms with E-state index in [0.29, 0.717) is 10.8 Å². The molecule has 2 saturated carbocycles. The summed E-state index contributed by atoms with van der Waals surface area (Å²) >= 11 is 0. The van der Waals surface area contributed by atoms with Gasteiger partial charge in [0.25, 0.3) is 0 Å². The van der Waals surface area contributed by atoms with Crippen LogP contribution in [0.5, 0.6) is 0 Å². The normalized spacial score (nSPS) is 24.4. The van der Waals surface area contributed by atoms with Crippen LogP contribution in [0.1, 0.15) is 215 Å². The number of benzene rings is 4. The first-order chi connectivity index (χ1) is 40.5. The molecule has 4 aromatic carbocycles. The van der Waals surface area contributed by atoms with E-state index in [1.807, 2.05) is 0 Å². The van der Waals surface area contributed by atoms with Crippen molar-refractivity contribution in [3.05, 3.63) is 213 Å². The number of pyridine rings is 4. The molecule has 0 saturated heterocycles. The molecule has 6 aliphatic rings. The molecule has 4 unspecified atom stereocenters.